The van der Waals surface area contributed by atoms with E-state index in [2.05, 4.69) is 45.7 Å². The summed E-state index contributed by atoms with van der Waals surface area (Å²) in [6, 6.07) is 8.60. The van der Waals surface area contributed by atoms with Gasteiger partial charge in [0, 0.05) is 37.2 Å². The molecule has 0 amide bonds. The third-order valence-corrected chi connectivity index (χ3v) is 3.37. The number of nitrogens with zero attached hydrogens (tertiary/aromatic N) is 2. The first kappa shape index (κ1) is 13.9. The number of para-hydroxylation sites is 1. The fourth-order valence-electron chi connectivity index (χ4n) is 2.55. The van der Waals surface area contributed by atoms with Crippen LogP contribution in [0.1, 0.15) is 16.8 Å². The molecule has 0 unspecified atom stereocenters. The van der Waals surface area contributed by atoms with E-state index < -0.39 is 0 Å². The molecule has 0 fully saturated rings. The van der Waals surface area contributed by atoms with Crippen molar-refractivity contribution in [3.8, 4) is 0 Å². The van der Waals surface area contributed by atoms with E-state index in [-0.39, 0.29) is 12.4 Å². The van der Waals surface area contributed by atoms with E-state index in [0.717, 1.165) is 31.7 Å². The first-order valence-corrected chi connectivity index (χ1v) is 6.34. The molecule has 102 valence electrons. The number of nitrogens with one attached hydrogen (secondary N) is 2. The van der Waals surface area contributed by atoms with Gasteiger partial charge in [-0.1, -0.05) is 18.2 Å². The third kappa shape index (κ3) is 3.08. The lowest BCUT2D eigenvalue weighted by Gasteiger charge is -2.18. The van der Waals surface area contributed by atoms with Crippen molar-refractivity contribution >= 4 is 18.1 Å². The second kappa shape index (κ2) is 6.08. The molecule has 3 rings (SSSR count). The van der Waals surface area contributed by atoms with Crippen molar-refractivity contribution in [3.05, 3.63) is 47.3 Å². The average molecular weight is 279 g/mol. The summed E-state index contributed by atoms with van der Waals surface area (Å²) < 4.78 is 0. The topological polar surface area (TPSA) is 44.0 Å². The molecule has 0 radical (unpaired) electrons. The highest BCUT2D eigenvalue weighted by molar-refractivity contribution is 5.85. The predicted octanol–water partition coefficient (Wildman–Crippen LogP) is 2.43. The van der Waals surface area contributed by atoms with Crippen LogP contribution in [0.4, 0.5) is 5.69 Å². The van der Waals surface area contributed by atoms with Crippen LogP contribution < -0.4 is 5.32 Å². The maximum absolute atomic E-state index is 3.98. The fourth-order valence-corrected chi connectivity index (χ4v) is 2.55. The number of aromatic nitrogens is 2. The molecular formula is C14H19ClN4. The lowest BCUT2D eigenvalue weighted by Crippen LogP contribution is -2.18. The molecule has 0 bridgehead atoms. The summed E-state index contributed by atoms with van der Waals surface area (Å²) in [6.45, 7) is 2.91. The van der Waals surface area contributed by atoms with Crippen LogP contribution in [0.25, 0.3) is 0 Å². The van der Waals surface area contributed by atoms with E-state index in [1.54, 1.807) is 6.20 Å². The minimum atomic E-state index is 0. The van der Waals surface area contributed by atoms with Crippen molar-refractivity contribution < 1.29 is 0 Å². The van der Waals surface area contributed by atoms with Gasteiger partial charge in [0.05, 0.1) is 0 Å². The van der Waals surface area contributed by atoms with Crippen molar-refractivity contribution in [3.63, 3.8) is 0 Å². The molecule has 0 aliphatic carbocycles. The highest BCUT2D eigenvalue weighted by atomic mass is 35.5. The monoisotopic (exact) mass is 278 g/mol. The van der Waals surface area contributed by atoms with Crippen molar-refractivity contribution in [1.29, 1.82) is 0 Å². The highest BCUT2D eigenvalue weighted by Crippen LogP contribution is 2.27. The van der Waals surface area contributed by atoms with Crippen LogP contribution in [0, 0.1) is 0 Å². The number of H-pyrrole nitrogens is 1. The molecule has 1 aromatic heterocycles. The Bertz CT molecular complexity index is 524. The minimum absolute atomic E-state index is 0. The Balaban J connectivity index is 0.00000133. The van der Waals surface area contributed by atoms with Crippen LogP contribution in [0.15, 0.2) is 30.5 Å². The van der Waals surface area contributed by atoms with Crippen LogP contribution in [0.3, 0.4) is 0 Å². The first-order chi connectivity index (χ1) is 8.83. The maximum atomic E-state index is 3.98. The normalized spacial score (nSPS) is 12.9. The van der Waals surface area contributed by atoms with Gasteiger partial charge in [0.2, 0.25) is 0 Å². The van der Waals surface area contributed by atoms with Crippen LogP contribution in [0.5, 0.6) is 0 Å². The number of anilines is 1. The zero-order valence-electron chi connectivity index (χ0n) is 11.0. The summed E-state index contributed by atoms with van der Waals surface area (Å²) >= 11 is 0. The van der Waals surface area contributed by atoms with Gasteiger partial charge in [-0.05, 0) is 30.7 Å². The largest absolute Gasteiger partial charge is 0.384 e. The number of fused-ring (bicyclic) bond motifs is 1. The fraction of sp³-hybridized carbons (Fsp3) is 0.357. The minimum Gasteiger partial charge on any atom is -0.384 e. The van der Waals surface area contributed by atoms with Gasteiger partial charge < -0.3 is 5.32 Å². The average Bonchev–Trinajstić information content (AvgIpc) is 2.99. The Morgan fingerprint density at radius 3 is 2.95 bits per heavy atom. The molecule has 4 nitrogen and oxygen atoms in total. The Morgan fingerprint density at radius 2 is 2.16 bits per heavy atom. The number of benzene rings is 1. The second-order valence-corrected chi connectivity index (χ2v) is 4.88. The van der Waals surface area contributed by atoms with Crippen molar-refractivity contribution in [2.24, 2.45) is 0 Å². The zero-order chi connectivity index (χ0) is 12.4. The Hall–Kier alpha value is -1.52. The molecule has 0 saturated carbocycles. The molecule has 0 spiro atoms. The van der Waals surface area contributed by atoms with Crippen molar-refractivity contribution in [1.82, 2.24) is 15.1 Å². The van der Waals surface area contributed by atoms with Crippen LogP contribution in [-0.4, -0.2) is 28.7 Å². The summed E-state index contributed by atoms with van der Waals surface area (Å²) in [5.74, 6) is 0. The SMILES string of the molecule is CN(Cc1ccn[nH]1)Cc1cccc2c1NCC2.Cl. The lowest BCUT2D eigenvalue weighted by molar-refractivity contribution is 0.315. The summed E-state index contributed by atoms with van der Waals surface area (Å²) in [5.41, 5.74) is 5.32. The van der Waals surface area contributed by atoms with E-state index in [0.29, 0.717) is 0 Å². The number of aromatic amines is 1. The molecule has 5 heteroatoms. The van der Waals surface area contributed by atoms with Gasteiger partial charge in [0.15, 0.2) is 0 Å². The van der Waals surface area contributed by atoms with E-state index in [1.165, 1.54) is 16.8 Å². The number of hydrogen-bond donors (Lipinski definition) is 2. The van der Waals surface area contributed by atoms with E-state index in [9.17, 15) is 0 Å². The van der Waals surface area contributed by atoms with Crippen LogP contribution >= 0.6 is 12.4 Å². The summed E-state index contributed by atoms with van der Waals surface area (Å²) in [6.07, 6.45) is 2.94. The predicted molar refractivity (Wildman–Crippen MR) is 79.6 cm³/mol. The molecule has 2 aromatic rings. The molecule has 19 heavy (non-hydrogen) atoms. The Labute approximate surface area is 119 Å². The Kier molecular flexibility index (Phi) is 4.45. The van der Waals surface area contributed by atoms with Gasteiger partial charge >= 0.3 is 0 Å². The van der Waals surface area contributed by atoms with E-state index in [1.807, 2.05) is 6.07 Å². The van der Waals surface area contributed by atoms with Crippen molar-refractivity contribution in [2.75, 3.05) is 18.9 Å². The lowest BCUT2D eigenvalue weighted by atomic mass is 10.1. The standard InChI is InChI=1S/C14H18N4.ClH/c1-18(10-13-6-8-16-17-13)9-12-4-2-3-11-5-7-15-14(11)12;/h2-4,6,8,15H,5,7,9-10H2,1H3,(H,16,17);1H. The van der Waals surface area contributed by atoms with Gasteiger partial charge in [-0.25, -0.2) is 0 Å². The molecule has 1 aliphatic rings. The number of hydrogen-bond acceptors (Lipinski definition) is 3. The van der Waals surface area contributed by atoms with Gasteiger partial charge in [-0.2, -0.15) is 5.10 Å². The number of rotatable bonds is 4. The van der Waals surface area contributed by atoms with Crippen LogP contribution in [0.2, 0.25) is 0 Å². The van der Waals surface area contributed by atoms with Gasteiger partial charge in [0.1, 0.15) is 0 Å². The van der Waals surface area contributed by atoms with Gasteiger partial charge in [-0.3, -0.25) is 10.00 Å². The molecule has 2 heterocycles. The van der Waals surface area contributed by atoms with E-state index >= 15 is 0 Å². The summed E-state index contributed by atoms with van der Waals surface area (Å²) in [7, 11) is 2.13. The van der Waals surface area contributed by atoms with Crippen LogP contribution in [-0.2, 0) is 19.5 Å². The zero-order valence-corrected chi connectivity index (χ0v) is 11.8. The van der Waals surface area contributed by atoms with E-state index in [4.69, 9.17) is 0 Å². The molecule has 1 aromatic carbocycles. The smallest absolute Gasteiger partial charge is 0.0492 e. The Morgan fingerprint density at radius 1 is 1.26 bits per heavy atom. The third-order valence-electron chi connectivity index (χ3n) is 3.37. The summed E-state index contributed by atoms with van der Waals surface area (Å²) in [4.78, 5) is 2.29. The van der Waals surface area contributed by atoms with Gasteiger partial charge in [0.25, 0.3) is 0 Å². The highest BCUT2D eigenvalue weighted by Gasteiger charge is 2.14. The first-order valence-electron chi connectivity index (χ1n) is 6.34. The molecule has 1 aliphatic heterocycles. The van der Waals surface area contributed by atoms with Gasteiger partial charge in [-0.15, -0.1) is 12.4 Å². The molecule has 0 saturated heterocycles. The quantitative estimate of drug-likeness (QED) is 0.903. The second-order valence-electron chi connectivity index (χ2n) is 4.88. The van der Waals surface area contributed by atoms with Crippen molar-refractivity contribution in [2.45, 2.75) is 19.5 Å². The number of halogens is 1. The molecular weight excluding hydrogens is 260 g/mol. The molecule has 0 atom stereocenters. The summed E-state index contributed by atoms with van der Waals surface area (Å²) in [5, 5.41) is 10.5. The molecule has 2 N–H and O–H groups in total. The maximum Gasteiger partial charge on any atom is 0.0492 e.